The van der Waals surface area contributed by atoms with Crippen molar-refractivity contribution in [2.75, 3.05) is 6.54 Å². The van der Waals surface area contributed by atoms with E-state index in [0.29, 0.717) is 17.5 Å². The molecule has 126 valence electrons. The lowest BCUT2D eigenvalue weighted by molar-refractivity contribution is 0.0688. The molecule has 1 aliphatic heterocycles. The van der Waals surface area contributed by atoms with E-state index in [1.807, 2.05) is 25.1 Å². The van der Waals surface area contributed by atoms with E-state index in [1.54, 1.807) is 17.1 Å². The first kappa shape index (κ1) is 15.4. The summed E-state index contributed by atoms with van der Waals surface area (Å²) < 4.78 is 1.76. The van der Waals surface area contributed by atoms with E-state index in [1.165, 1.54) is 25.7 Å². The summed E-state index contributed by atoms with van der Waals surface area (Å²) in [5.41, 5.74) is 1.58. The highest BCUT2D eigenvalue weighted by atomic mass is 16.2. The van der Waals surface area contributed by atoms with Gasteiger partial charge in [-0.2, -0.15) is 5.10 Å². The van der Waals surface area contributed by atoms with Crippen LogP contribution in [0, 0.1) is 12.8 Å². The Labute approximate surface area is 142 Å². The van der Waals surface area contributed by atoms with Gasteiger partial charge in [0, 0.05) is 18.8 Å². The summed E-state index contributed by atoms with van der Waals surface area (Å²) in [5.74, 6) is 1.59. The van der Waals surface area contributed by atoms with Crippen LogP contribution in [0.2, 0.25) is 0 Å². The molecule has 1 aliphatic carbocycles. The number of nitrogens with zero attached hydrogens (tertiary/aromatic N) is 4. The summed E-state index contributed by atoms with van der Waals surface area (Å²) >= 11 is 0. The Balaban J connectivity index is 1.59. The largest absolute Gasteiger partial charge is 0.335 e. The molecule has 0 spiro atoms. The molecular formula is C19H24N4O. The minimum Gasteiger partial charge on any atom is -0.335 e. The molecule has 2 fully saturated rings. The van der Waals surface area contributed by atoms with Crippen molar-refractivity contribution in [3.8, 4) is 5.82 Å². The molecule has 1 saturated heterocycles. The normalized spacial score (nSPS) is 21.5. The maximum atomic E-state index is 13.1. The second-order valence-electron chi connectivity index (χ2n) is 7.00. The number of carbonyl (C=O) groups excluding carboxylic acids is 1. The monoisotopic (exact) mass is 324 g/mol. The summed E-state index contributed by atoms with van der Waals surface area (Å²) in [4.78, 5) is 19.6. The zero-order chi connectivity index (χ0) is 16.5. The van der Waals surface area contributed by atoms with Crippen LogP contribution in [0.3, 0.4) is 0 Å². The van der Waals surface area contributed by atoms with Gasteiger partial charge >= 0.3 is 0 Å². The number of pyridine rings is 1. The minimum absolute atomic E-state index is 0.143. The Morgan fingerprint density at radius 3 is 2.75 bits per heavy atom. The Hall–Kier alpha value is -2.17. The average molecular weight is 324 g/mol. The van der Waals surface area contributed by atoms with Crippen LogP contribution in [0.4, 0.5) is 0 Å². The lowest BCUT2D eigenvalue weighted by atomic mass is 9.95. The zero-order valence-corrected chi connectivity index (χ0v) is 14.2. The molecule has 0 radical (unpaired) electrons. The maximum Gasteiger partial charge on any atom is 0.257 e. The summed E-state index contributed by atoms with van der Waals surface area (Å²) in [5, 5.41) is 4.41. The van der Waals surface area contributed by atoms with Crippen LogP contribution in [0.15, 0.2) is 30.6 Å². The predicted octanol–water partition coefficient (Wildman–Crippen LogP) is 3.37. The number of hydrogen-bond acceptors (Lipinski definition) is 3. The Morgan fingerprint density at radius 2 is 2.00 bits per heavy atom. The highest BCUT2D eigenvalue weighted by molar-refractivity contribution is 5.95. The van der Waals surface area contributed by atoms with E-state index >= 15 is 0 Å². The van der Waals surface area contributed by atoms with E-state index < -0.39 is 0 Å². The van der Waals surface area contributed by atoms with Gasteiger partial charge in [0.05, 0.1) is 17.5 Å². The Bertz CT molecular complexity index is 718. The number of likely N-dealkylation sites (tertiary alicyclic amines) is 1. The second kappa shape index (κ2) is 6.38. The van der Waals surface area contributed by atoms with Gasteiger partial charge in [-0.15, -0.1) is 0 Å². The van der Waals surface area contributed by atoms with Crippen LogP contribution in [-0.4, -0.2) is 38.2 Å². The molecule has 1 amide bonds. The number of amides is 1. The van der Waals surface area contributed by atoms with E-state index in [2.05, 4.69) is 15.0 Å². The molecule has 2 aromatic rings. The van der Waals surface area contributed by atoms with Crippen molar-refractivity contribution in [3.05, 3.63) is 41.9 Å². The van der Waals surface area contributed by atoms with Gasteiger partial charge in [-0.3, -0.25) is 4.79 Å². The second-order valence-corrected chi connectivity index (χ2v) is 7.00. The van der Waals surface area contributed by atoms with Crippen molar-refractivity contribution in [2.24, 2.45) is 5.92 Å². The number of carbonyl (C=O) groups is 1. The number of aromatic nitrogens is 3. The van der Waals surface area contributed by atoms with E-state index in [0.717, 1.165) is 30.9 Å². The molecule has 3 heterocycles. The van der Waals surface area contributed by atoms with E-state index in [9.17, 15) is 4.79 Å². The molecule has 2 aromatic heterocycles. The van der Waals surface area contributed by atoms with Crippen molar-refractivity contribution in [3.63, 3.8) is 0 Å². The van der Waals surface area contributed by atoms with Gasteiger partial charge in [0.25, 0.3) is 5.91 Å². The smallest absolute Gasteiger partial charge is 0.257 e. The molecule has 1 saturated carbocycles. The van der Waals surface area contributed by atoms with Crippen LogP contribution in [0.1, 0.15) is 54.6 Å². The minimum atomic E-state index is 0.143. The molecule has 0 N–H and O–H groups in total. The van der Waals surface area contributed by atoms with Crippen LogP contribution < -0.4 is 0 Å². The standard InChI is InChI=1S/C19H24N4O/c1-14-16(13-21-23(14)18-10-4-5-11-20-18)19(24)22-12-6-9-17(22)15-7-2-3-8-15/h4-5,10-11,13,15,17H,2-3,6-9,12H2,1H3/t17-/m1/s1. The van der Waals surface area contributed by atoms with Crippen LogP contribution >= 0.6 is 0 Å². The van der Waals surface area contributed by atoms with Crippen molar-refractivity contribution in [1.82, 2.24) is 19.7 Å². The van der Waals surface area contributed by atoms with Gasteiger partial charge in [0.15, 0.2) is 5.82 Å². The van der Waals surface area contributed by atoms with Gasteiger partial charge in [0.1, 0.15) is 0 Å². The van der Waals surface area contributed by atoms with Gasteiger partial charge in [-0.1, -0.05) is 18.9 Å². The molecule has 24 heavy (non-hydrogen) atoms. The van der Waals surface area contributed by atoms with Gasteiger partial charge in [-0.05, 0) is 50.7 Å². The fourth-order valence-corrected chi connectivity index (χ4v) is 4.36. The summed E-state index contributed by atoms with van der Waals surface area (Å²) in [6, 6.07) is 6.15. The van der Waals surface area contributed by atoms with Crippen molar-refractivity contribution in [2.45, 2.75) is 51.5 Å². The number of hydrogen-bond donors (Lipinski definition) is 0. The lowest BCUT2D eigenvalue weighted by Gasteiger charge is -2.29. The number of rotatable bonds is 3. The third-order valence-corrected chi connectivity index (χ3v) is 5.61. The quantitative estimate of drug-likeness (QED) is 0.870. The fourth-order valence-electron chi connectivity index (χ4n) is 4.36. The fraction of sp³-hybridized carbons (Fsp3) is 0.526. The lowest BCUT2D eigenvalue weighted by Crippen LogP contribution is -2.39. The summed E-state index contributed by atoms with van der Waals surface area (Å²) in [6.45, 7) is 2.84. The third kappa shape index (κ3) is 2.62. The molecule has 0 unspecified atom stereocenters. The SMILES string of the molecule is Cc1c(C(=O)N2CCC[C@@H]2C2CCCC2)cnn1-c1ccccn1. The maximum absolute atomic E-state index is 13.1. The zero-order valence-electron chi connectivity index (χ0n) is 14.2. The molecule has 5 heteroatoms. The van der Waals surface area contributed by atoms with Crippen molar-refractivity contribution in [1.29, 1.82) is 0 Å². The molecule has 0 bridgehead atoms. The molecule has 4 rings (SSSR count). The predicted molar refractivity (Wildman–Crippen MR) is 92.1 cm³/mol. The highest BCUT2D eigenvalue weighted by Gasteiger charge is 2.37. The molecule has 5 nitrogen and oxygen atoms in total. The Morgan fingerprint density at radius 1 is 1.17 bits per heavy atom. The molecular weight excluding hydrogens is 300 g/mol. The van der Waals surface area contributed by atoms with Gasteiger partial charge in [-0.25, -0.2) is 9.67 Å². The average Bonchev–Trinajstić information content (AvgIpc) is 3.35. The molecule has 0 aromatic carbocycles. The first-order chi connectivity index (χ1) is 11.8. The third-order valence-electron chi connectivity index (χ3n) is 5.61. The summed E-state index contributed by atoms with van der Waals surface area (Å²) in [6.07, 6.45) is 10.9. The van der Waals surface area contributed by atoms with Crippen LogP contribution in [-0.2, 0) is 0 Å². The Kier molecular flexibility index (Phi) is 4.08. The molecule has 1 atom stereocenters. The highest BCUT2D eigenvalue weighted by Crippen LogP contribution is 2.36. The van der Waals surface area contributed by atoms with Crippen molar-refractivity contribution < 1.29 is 4.79 Å². The first-order valence-electron chi connectivity index (χ1n) is 9.02. The van der Waals surface area contributed by atoms with Gasteiger partial charge < -0.3 is 4.90 Å². The molecule has 2 aliphatic rings. The first-order valence-corrected chi connectivity index (χ1v) is 9.02. The van der Waals surface area contributed by atoms with Crippen molar-refractivity contribution >= 4 is 5.91 Å². The van der Waals surface area contributed by atoms with E-state index in [-0.39, 0.29) is 5.91 Å². The summed E-state index contributed by atoms with van der Waals surface area (Å²) in [7, 11) is 0. The van der Waals surface area contributed by atoms with Crippen LogP contribution in [0.25, 0.3) is 5.82 Å². The van der Waals surface area contributed by atoms with Crippen LogP contribution in [0.5, 0.6) is 0 Å². The van der Waals surface area contributed by atoms with E-state index in [4.69, 9.17) is 0 Å². The van der Waals surface area contributed by atoms with Gasteiger partial charge in [0.2, 0.25) is 0 Å². The topological polar surface area (TPSA) is 51.0 Å².